The van der Waals surface area contributed by atoms with Crippen LogP contribution in [0.2, 0.25) is 0 Å². The monoisotopic (exact) mass is 433 g/mol. The minimum Gasteiger partial charge on any atom is -0.497 e. The number of hydrogen-bond donors (Lipinski definition) is 1. The number of imide groups is 1. The van der Waals surface area contributed by atoms with E-state index in [1.807, 2.05) is 6.07 Å². The van der Waals surface area contributed by atoms with Crippen molar-refractivity contribution in [2.75, 3.05) is 7.11 Å². The first-order valence-corrected chi connectivity index (χ1v) is 10.2. The molecule has 0 saturated carbocycles. The largest absolute Gasteiger partial charge is 0.497 e. The Bertz CT molecular complexity index is 1350. The first-order chi connectivity index (χ1) is 16.7. The van der Waals surface area contributed by atoms with Crippen LogP contribution in [0.3, 0.4) is 0 Å². The molecule has 32 heavy (non-hydrogen) atoms. The predicted octanol–water partition coefficient (Wildman–Crippen LogP) is 2.52. The zero-order chi connectivity index (χ0) is 24.9. The van der Waals surface area contributed by atoms with E-state index >= 15 is 0 Å². The van der Waals surface area contributed by atoms with Crippen LogP contribution < -0.4 is 10.1 Å². The van der Waals surface area contributed by atoms with Crippen molar-refractivity contribution in [3.05, 3.63) is 59.8 Å². The van der Waals surface area contributed by atoms with E-state index in [9.17, 15) is 14.4 Å². The minimum atomic E-state index is -2.50. The second-order valence-corrected chi connectivity index (χ2v) is 7.82. The van der Waals surface area contributed by atoms with E-state index in [2.05, 4.69) is 10.4 Å². The average Bonchev–Trinajstić information content (AvgIpc) is 3.41. The lowest BCUT2D eigenvalue weighted by Gasteiger charge is -2.29. The van der Waals surface area contributed by atoms with E-state index in [0.717, 1.165) is 10.2 Å². The summed E-state index contributed by atoms with van der Waals surface area (Å²) in [5, 5.41) is 6.45. The van der Waals surface area contributed by atoms with Crippen LogP contribution in [0, 0.1) is 0 Å². The number of piperidine rings is 1. The van der Waals surface area contributed by atoms with Gasteiger partial charge in [-0.15, -0.1) is 0 Å². The predicted molar refractivity (Wildman–Crippen MR) is 117 cm³/mol. The summed E-state index contributed by atoms with van der Waals surface area (Å²) in [5.74, 6) is -0.437. The topological polar surface area (TPSA) is 93.5 Å². The van der Waals surface area contributed by atoms with Gasteiger partial charge in [0, 0.05) is 40.7 Å². The van der Waals surface area contributed by atoms with Gasteiger partial charge in [-0.25, -0.2) is 0 Å². The van der Waals surface area contributed by atoms with Crippen molar-refractivity contribution in [1.82, 2.24) is 20.0 Å². The molecule has 1 N–H and O–H groups in total. The Morgan fingerprint density at radius 3 is 2.59 bits per heavy atom. The third kappa shape index (κ3) is 3.24. The summed E-state index contributed by atoms with van der Waals surface area (Å²) in [6, 6.07) is 11.6. The Balaban J connectivity index is 1.53. The number of ether oxygens (including phenoxy) is 1. The fourth-order valence-electron chi connectivity index (χ4n) is 4.33. The molecule has 3 aromatic rings. The van der Waals surface area contributed by atoms with E-state index in [-0.39, 0.29) is 31.2 Å². The van der Waals surface area contributed by atoms with Crippen molar-refractivity contribution < 1.29 is 23.2 Å². The fraction of sp³-hybridized carbons (Fsp3) is 0.250. The van der Waals surface area contributed by atoms with E-state index in [1.54, 1.807) is 43.5 Å². The highest BCUT2D eigenvalue weighted by Crippen LogP contribution is 2.36. The number of benzene rings is 2. The van der Waals surface area contributed by atoms with E-state index in [0.29, 0.717) is 33.7 Å². The molecule has 1 aromatic heterocycles. The molecule has 1 atom stereocenters. The highest BCUT2D eigenvalue weighted by Gasteiger charge is 2.39. The number of carbonyl (C=O) groups excluding carboxylic acids is 3. The molecular weight excluding hydrogens is 408 g/mol. The average molecular weight is 433 g/mol. The lowest BCUT2D eigenvalue weighted by molar-refractivity contribution is -0.136. The number of rotatable bonds is 4. The van der Waals surface area contributed by atoms with Crippen molar-refractivity contribution in [3.63, 3.8) is 0 Å². The molecule has 0 bridgehead atoms. The van der Waals surface area contributed by atoms with Crippen molar-refractivity contribution in [1.29, 1.82) is 0 Å². The maximum absolute atomic E-state index is 13.0. The maximum Gasteiger partial charge on any atom is 0.255 e. The molecule has 0 spiro atoms. The van der Waals surface area contributed by atoms with E-state index in [1.165, 1.54) is 11.1 Å². The van der Waals surface area contributed by atoms with Crippen LogP contribution in [-0.2, 0) is 23.1 Å². The molecule has 8 nitrogen and oxygen atoms in total. The first-order valence-electron chi connectivity index (χ1n) is 11.7. The number of hydrogen-bond acceptors (Lipinski definition) is 5. The molecule has 0 radical (unpaired) electrons. The van der Waals surface area contributed by atoms with Crippen LogP contribution in [-0.4, -0.2) is 45.6 Å². The Hall–Kier alpha value is -3.94. The number of nitrogens with one attached hydrogen (secondary N) is 1. The summed E-state index contributed by atoms with van der Waals surface area (Å²) in [6.07, 6.45) is 1.97. The first kappa shape index (κ1) is 16.7. The van der Waals surface area contributed by atoms with Gasteiger partial charge in [0.1, 0.15) is 11.8 Å². The number of methoxy groups -OCH3 is 1. The number of fused-ring (bicyclic) bond motifs is 1. The van der Waals surface area contributed by atoms with Gasteiger partial charge in [-0.2, -0.15) is 5.10 Å². The molecule has 162 valence electrons. The number of aromatic nitrogens is 2. The zero-order valence-electron chi connectivity index (χ0n) is 20.3. The molecular formula is C24H22N4O4. The van der Waals surface area contributed by atoms with Gasteiger partial charge < -0.3 is 9.64 Å². The highest BCUT2D eigenvalue weighted by molar-refractivity contribution is 6.05. The summed E-state index contributed by atoms with van der Waals surface area (Å²) in [6.45, 7) is -2.28. The second kappa shape index (κ2) is 7.64. The van der Waals surface area contributed by atoms with Gasteiger partial charge in [0.2, 0.25) is 11.8 Å². The second-order valence-electron chi connectivity index (χ2n) is 7.82. The van der Waals surface area contributed by atoms with Crippen LogP contribution >= 0.6 is 0 Å². The molecule has 3 heterocycles. The number of aryl methyl sites for hydroxylation is 1. The Morgan fingerprint density at radius 1 is 1.09 bits per heavy atom. The normalized spacial score (nSPS) is 19.8. The molecule has 1 unspecified atom stereocenters. The molecule has 8 heteroatoms. The van der Waals surface area contributed by atoms with Crippen molar-refractivity contribution in [2.45, 2.75) is 25.4 Å². The quantitative estimate of drug-likeness (QED) is 0.638. The van der Waals surface area contributed by atoms with Gasteiger partial charge in [-0.1, -0.05) is 6.07 Å². The Morgan fingerprint density at radius 2 is 1.88 bits per heavy atom. The SMILES string of the molecule is [2H]C([2H])([2H])n1ncc(-c2ccc3c(c2)CN(C2CCC(=O)NC2=O)C3=O)c1-c1ccc(OC)cc1. The summed E-state index contributed by atoms with van der Waals surface area (Å²) in [4.78, 5) is 38.3. The summed E-state index contributed by atoms with van der Waals surface area (Å²) >= 11 is 0. The molecule has 2 aromatic carbocycles. The molecule has 2 aliphatic rings. The fourth-order valence-corrected chi connectivity index (χ4v) is 4.33. The Kier molecular flexibility index (Phi) is 3.99. The van der Waals surface area contributed by atoms with E-state index < -0.39 is 18.9 Å². The van der Waals surface area contributed by atoms with Gasteiger partial charge in [-0.05, 0) is 53.9 Å². The number of amides is 3. The Labute approximate surface area is 189 Å². The van der Waals surface area contributed by atoms with Crippen LogP contribution in [0.15, 0.2) is 48.7 Å². The third-order valence-electron chi connectivity index (χ3n) is 5.97. The van der Waals surface area contributed by atoms with E-state index in [4.69, 9.17) is 8.85 Å². The smallest absolute Gasteiger partial charge is 0.255 e. The van der Waals surface area contributed by atoms with Crippen molar-refractivity contribution in [2.24, 2.45) is 6.98 Å². The van der Waals surface area contributed by atoms with Gasteiger partial charge in [0.15, 0.2) is 0 Å². The third-order valence-corrected chi connectivity index (χ3v) is 5.97. The lowest BCUT2D eigenvalue weighted by Crippen LogP contribution is -2.52. The lowest BCUT2D eigenvalue weighted by atomic mass is 9.98. The highest BCUT2D eigenvalue weighted by atomic mass is 16.5. The molecule has 5 rings (SSSR count). The van der Waals surface area contributed by atoms with Crippen LogP contribution in [0.25, 0.3) is 22.4 Å². The maximum atomic E-state index is 13.0. The zero-order valence-corrected chi connectivity index (χ0v) is 17.3. The molecule has 3 amide bonds. The molecule has 2 aliphatic heterocycles. The van der Waals surface area contributed by atoms with Gasteiger partial charge in [0.25, 0.3) is 5.91 Å². The van der Waals surface area contributed by atoms with Gasteiger partial charge in [0.05, 0.1) is 19.0 Å². The molecule has 0 aliphatic carbocycles. The van der Waals surface area contributed by atoms with Crippen LogP contribution in [0.4, 0.5) is 0 Å². The van der Waals surface area contributed by atoms with Crippen molar-refractivity contribution >= 4 is 17.7 Å². The standard InChI is InChI=1S/C24H22N4O4/c1-27-22(14-3-6-17(32-2)7-4-14)19(12-25-27)15-5-8-18-16(11-15)13-28(24(18)31)20-9-10-21(29)26-23(20)30/h3-8,11-12,20H,9-10,13H2,1-2H3,(H,26,29,30)/i1D3. The number of nitrogens with zero attached hydrogens (tertiary/aromatic N) is 3. The van der Waals surface area contributed by atoms with Gasteiger partial charge in [-0.3, -0.25) is 24.4 Å². The van der Waals surface area contributed by atoms with Crippen LogP contribution in [0.1, 0.15) is 32.9 Å². The minimum absolute atomic E-state index is 0.182. The molecule has 1 fully saturated rings. The van der Waals surface area contributed by atoms with Gasteiger partial charge >= 0.3 is 0 Å². The van der Waals surface area contributed by atoms with Crippen molar-refractivity contribution in [3.8, 4) is 28.1 Å². The summed E-state index contributed by atoms with van der Waals surface area (Å²) < 4.78 is 30.0. The number of carbonyl (C=O) groups is 3. The summed E-state index contributed by atoms with van der Waals surface area (Å²) in [5.41, 5.74) is 3.56. The van der Waals surface area contributed by atoms with Crippen LogP contribution in [0.5, 0.6) is 5.75 Å². The summed E-state index contributed by atoms with van der Waals surface area (Å²) in [7, 11) is 1.55. The molecule has 1 saturated heterocycles.